The Morgan fingerprint density at radius 3 is 2.54 bits per heavy atom. The van der Waals surface area contributed by atoms with Crippen LogP contribution in [0.1, 0.15) is 31.1 Å². The highest BCUT2D eigenvalue weighted by molar-refractivity contribution is 9.10. The summed E-state index contributed by atoms with van der Waals surface area (Å²) in [5.41, 5.74) is 2.11. The maximum atomic E-state index is 12.1. The molecule has 0 amide bonds. The third kappa shape index (κ3) is 4.00. The van der Waals surface area contributed by atoms with E-state index in [1.54, 1.807) is 38.3 Å². The number of nitrogens with zero attached hydrogens (tertiary/aromatic N) is 1. The lowest BCUT2D eigenvalue weighted by molar-refractivity contribution is -0.111. The van der Waals surface area contributed by atoms with E-state index >= 15 is 0 Å². The van der Waals surface area contributed by atoms with Crippen LogP contribution in [-0.4, -0.2) is 24.6 Å². The van der Waals surface area contributed by atoms with Gasteiger partial charge in [0.1, 0.15) is 11.5 Å². The number of rotatable bonds is 4. The molecule has 0 atom stereocenters. The molecular formula is C18H18BrNO4. The second kappa shape index (κ2) is 7.57. The van der Waals surface area contributed by atoms with E-state index in [9.17, 15) is 9.59 Å². The van der Waals surface area contributed by atoms with Crippen LogP contribution in [0.4, 0.5) is 0 Å². The standard InChI is InChI=1S/C18H18BrNO4/c1-10(2)13-9-15(11(3)7-16(13)21)20-24-18(22)12-5-6-17(23-4)14(19)8-12/h5-10H,1-4H3/b20-15+. The molecule has 126 valence electrons. The Hall–Kier alpha value is -2.21. The first-order chi connectivity index (χ1) is 11.3. The van der Waals surface area contributed by atoms with Gasteiger partial charge in [-0.2, -0.15) is 0 Å². The van der Waals surface area contributed by atoms with Crippen molar-refractivity contribution in [3.05, 3.63) is 51.5 Å². The van der Waals surface area contributed by atoms with Crippen molar-refractivity contribution in [1.29, 1.82) is 0 Å². The molecule has 1 aliphatic carbocycles. The number of allylic oxidation sites excluding steroid dienone is 4. The third-order valence-corrected chi connectivity index (χ3v) is 4.18. The summed E-state index contributed by atoms with van der Waals surface area (Å²) < 4.78 is 5.77. The van der Waals surface area contributed by atoms with Gasteiger partial charge in [-0.3, -0.25) is 4.79 Å². The van der Waals surface area contributed by atoms with Crippen molar-refractivity contribution in [2.45, 2.75) is 20.8 Å². The summed E-state index contributed by atoms with van der Waals surface area (Å²) in [5.74, 6) is 0.0640. The topological polar surface area (TPSA) is 65.0 Å². The Morgan fingerprint density at radius 1 is 1.25 bits per heavy atom. The summed E-state index contributed by atoms with van der Waals surface area (Å²) in [4.78, 5) is 29.1. The van der Waals surface area contributed by atoms with E-state index in [1.807, 2.05) is 13.8 Å². The van der Waals surface area contributed by atoms with E-state index in [1.165, 1.54) is 6.08 Å². The molecule has 0 saturated carbocycles. The van der Waals surface area contributed by atoms with Gasteiger partial charge in [-0.1, -0.05) is 19.0 Å². The van der Waals surface area contributed by atoms with Crippen LogP contribution >= 0.6 is 15.9 Å². The Balaban J connectivity index is 2.20. The van der Waals surface area contributed by atoms with Gasteiger partial charge in [0.2, 0.25) is 0 Å². The lowest BCUT2D eigenvalue weighted by Gasteiger charge is -2.14. The number of methoxy groups -OCH3 is 1. The number of hydrogen-bond donors (Lipinski definition) is 0. The minimum absolute atomic E-state index is 0.0353. The summed E-state index contributed by atoms with van der Waals surface area (Å²) in [6.07, 6.45) is 3.17. The van der Waals surface area contributed by atoms with Crippen LogP contribution in [0.3, 0.4) is 0 Å². The van der Waals surface area contributed by atoms with Crippen LogP contribution in [0.15, 0.2) is 51.1 Å². The second-order valence-corrected chi connectivity index (χ2v) is 6.50. The molecular weight excluding hydrogens is 374 g/mol. The number of carbonyl (C=O) groups excluding carboxylic acids is 2. The maximum absolute atomic E-state index is 12.1. The molecule has 1 aromatic carbocycles. The van der Waals surface area contributed by atoms with Crippen molar-refractivity contribution < 1.29 is 19.2 Å². The van der Waals surface area contributed by atoms with Gasteiger partial charge in [-0.05, 0) is 64.7 Å². The zero-order chi connectivity index (χ0) is 17.9. The molecule has 5 nitrogen and oxygen atoms in total. The van der Waals surface area contributed by atoms with Gasteiger partial charge in [0.15, 0.2) is 5.78 Å². The average molecular weight is 392 g/mol. The first-order valence-corrected chi connectivity index (χ1v) is 8.20. The number of ether oxygens (including phenoxy) is 1. The highest BCUT2D eigenvalue weighted by atomic mass is 79.9. The van der Waals surface area contributed by atoms with E-state index in [4.69, 9.17) is 9.57 Å². The number of benzene rings is 1. The zero-order valence-corrected chi connectivity index (χ0v) is 15.5. The number of hydrogen-bond acceptors (Lipinski definition) is 5. The Labute approximate surface area is 149 Å². The third-order valence-electron chi connectivity index (χ3n) is 3.56. The van der Waals surface area contributed by atoms with Gasteiger partial charge in [0.05, 0.1) is 17.1 Å². The van der Waals surface area contributed by atoms with Gasteiger partial charge in [-0.25, -0.2) is 4.79 Å². The molecule has 6 heteroatoms. The van der Waals surface area contributed by atoms with Crippen molar-refractivity contribution in [3.8, 4) is 5.75 Å². The lowest BCUT2D eigenvalue weighted by Crippen LogP contribution is -2.16. The predicted octanol–water partition coefficient (Wildman–Crippen LogP) is 4.08. The lowest BCUT2D eigenvalue weighted by atomic mass is 9.90. The van der Waals surface area contributed by atoms with Crippen LogP contribution in [0.5, 0.6) is 5.75 Å². The molecule has 0 aliphatic heterocycles. The van der Waals surface area contributed by atoms with E-state index in [0.29, 0.717) is 32.6 Å². The van der Waals surface area contributed by atoms with Gasteiger partial charge in [-0.15, -0.1) is 0 Å². The zero-order valence-electron chi connectivity index (χ0n) is 13.9. The molecule has 0 spiro atoms. The van der Waals surface area contributed by atoms with E-state index in [2.05, 4.69) is 21.1 Å². The molecule has 0 N–H and O–H groups in total. The largest absolute Gasteiger partial charge is 0.496 e. The van der Waals surface area contributed by atoms with Crippen LogP contribution in [0.2, 0.25) is 0 Å². The molecule has 0 radical (unpaired) electrons. The summed E-state index contributed by atoms with van der Waals surface area (Å²) in [6.45, 7) is 5.61. The Morgan fingerprint density at radius 2 is 1.96 bits per heavy atom. The fourth-order valence-electron chi connectivity index (χ4n) is 2.17. The molecule has 0 bridgehead atoms. The number of oxime groups is 1. The molecule has 0 saturated heterocycles. The van der Waals surface area contributed by atoms with Crippen molar-refractivity contribution in [1.82, 2.24) is 0 Å². The summed E-state index contributed by atoms with van der Waals surface area (Å²) >= 11 is 3.32. The normalized spacial score (nSPS) is 16.1. The van der Waals surface area contributed by atoms with Crippen molar-refractivity contribution in [2.75, 3.05) is 7.11 Å². The van der Waals surface area contributed by atoms with E-state index in [-0.39, 0.29) is 11.7 Å². The van der Waals surface area contributed by atoms with Crippen molar-refractivity contribution in [2.24, 2.45) is 11.1 Å². The van der Waals surface area contributed by atoms with Gasteiger partial charge in [0, 0.05) is 5.57 Å². The van der Waals surface area contributed by atoms with Gasteiger partial charge >= 0.3 is 5.97 Å². The quantitative estimate of drug-likeness (QED) is 0.440. The van der Waals surface area contributed by atoms with Crippen LogP contribution < -0.4 is 4.74 Å². The van der Waals surface area contributed by atoms with Crippen molar-refractivity contribution >= 4 is 33.4 Å². The highest BCUT2D eigenvalue weighted by Gasteiger charge is 2.19. The average Bonchev–Trinajstić information content (AvgIpc) is 2.53. The Bertz CT molecular complexity index is 775. The minimum Gasteiger partial charge on any atom is -0.496 e. The molecule has 2 rings (SSSR count). The number of ketones is 1. The van der Waals surface area contributed by atoms with Crippen molar-refractivity contribution in [3.63, 3.8) is 0 Å². The Kier molecular flexibility index (Phi) is 5.72. The highest BCUT2D eigenvalue weighted by Crippen LogP contribution is 2.26. The smallest absolute Gasteiger partial charge is 0.365 e. The number of carbonyl (C=O) groups is 2. The summed E-state index contributed by atoms with van der Waals surface area (Å²) in [5, 5.41) is 3.90. The van der Waals surface area contributed by atoms with E-state index < -0.39 is 5.97 Å². The summed E-state index contributed by atoms with van der Waals surface area (Å²) in [6, 6.07) is 4.85. The fraction of sp³-hybridized carbons (Fsp3) is 0.278. The second-order valence-electron chi connectivity index (χ2n) is 5.65. The monoisotopic (exact) mass is 391 g/mol. The molecule has 24 heavy (non-hydrogen) atoms. The van der Waals surface area contributed by atoms with Crippen LogP contribution in [-0.2, 0) is 9.63 Å². The molecule has 0 unspecified atom stereocenters. The van der Waals surface area contributed by atoms with Crippen LogP contribution in [0, 0.1) is 5.92 Å². The first-order valence-electron chi connectivity index (χ1n) is 7.41. The van der Waals surface area contributed by atoms with Crippen LogP contribution in [0.25, 0.3) is 0 Å². The molecule has 0 aromatic heterocycles. The SMILES string of the molecule is COc1ccc(C(=O)O/N=C2\C=C(C(C)C)C(=O)C=C2C)cc1Br. The molecule has 1 aromatic rings. The molecule has 0 heterocycles. The number of halogens is 1. The first kappa shape index (κ1) is 18.1. The molecule has 1 aliphatic rings. The fourth-order valence-corrected chi connectivity index (χ4v) is 2.71. The maximum Gasteiger partial charge on any atom is 0.365 e. The predicted molar refractivity (Wildman–Crippen MR) is 95.2 cm³/mol. The van der Waals surface area contributed by atoms with Gasteiger partial charge in [0.25, 0.3) is 0 Å². The minimum atomic E-state index is -0.588. The molecule has 0 fully saturated rings. The van der Waals surface area contributed by atoms with E-state index in [0.717, 1.165) is 0 Å². The summed E-state index contributed by atoms with van der Waals surface area (Å²) in [7, 11) is 1.54. The van der Waals surface area contributed by atoms with Gasteiger partial charge < -0.3 is 9.57 Å².